The molecule has 0 spiro atoms. The van der Waals surface area contributed by atoms with E-state index in [4.69, 9.17) is 4.74 Å². The first-order chi connectivity index (χ1) is 15.5. The van der Waals surface area contributed by atoms with E-state index in [-0.39, 0.29) is 5.91 Å². The van der Waals surface area contributed by atoms with Gasteiger partial charge in [-0.15, -0.1) is 0 Å². The van der Waals surface area contributed by atoms with Crippen molar-refractivity contribution in [2.24, 2.45) is 7.05 Å². The number of hydrogen-bond acceptors (Lipinski definition) is 4. The number of imidazole rings is 1. The van der Waals surface area contributed by atoms with Crippen LogP contribution in [0.25, 0.3) is 0 Å². The van der Waals surface area contributed by atoms with Crippen LogP contribution in [0.4, 0.5) is 0 Å². The Labute approximate surface area is 190 Å². The molecule has 2 aromatic carbocycles. The lowest BCUT2D eigenvalue weighted by molar-refractivity contribution is 0.0628. The van der Waals surface area contributed by atoms with E-state index < -0.39 is 0 Å². The first-order valence-electron chi connectivity index (χ1n) is 11.3. The molecule has 3 aromatic rings. The van der Waals surface area contributed by atoms with Crippen molar-refractivity contribution in [1.29, 1.82) is 0 Å². The Kier molecular flexibility index (Phi) is 6.90. The molecule has 2 heterocycles. The van der Waals surface area contributed by atoms with Gasteiger partial charge in [0.05, 0.1) is 0 Å². The lowest BCUT2D eigenvalue weighted by Gasteiger charge is -2.34. The maximum atomic E-state index is 12.9. The number of aromatic nitrogens is 2. The zero-order valence-electron chi connectivity index (χ0n) is 19.2. The minimum absolute atomic E-state index is 0.0848. The second kappa shape index (κ2) is 10.0. The third kappa shape index (κ3) is 5.37. The number of piperazine rings is 1. The number of nitrogens with zero attached hydrogens (tertiary/aromatic N) is 4. The van der Waals surface area contributed by atoms with Crippen LogP contribution in [0, 0.1) is 0 Å². The Bertz CT molecular complexity index is 1020. The zero-order chi connectivity index (χ0) is 22.5. The van der Waals surface area contributed by atoms with Gasteiger partial charge in [0.15, 0.2) is 0 Å². The summed E-state index contributed by atoms with van der Waals surface area (Å²) in [4.78, 5) is 21.5. The number of benzene rings is 2. The summed E-state index contributed by atoms with van der Waals surface area (Å²) in [7, 11) is 1.94. The Morgan fingerprint density at radius 2 is 1.69 bits per heavy atom. The second-order valence-corrected chi connectivity index (χ2v) is 8.73. The Morgan fingerprint density at radius 3 is 2.28 bits per heavy atom. The fourth-order valence-electron chi connectivity index (χ4n) is 3.93. The monoisotopic (exact) mass is 432 g/mol. The minimum Gasteiger partial charge on any atom is -0.486 e. The van der Waals surface area contributed by atoms with Gasteiger partial charge in [0.1, 0.15) is 18.2 Å². The highest BCUT2D eigenvalue weighted by atomic mass is 16.5. The Balaban J connectivity index is 1.26. The molecule has 0 unspecified atom stereocenters. The number of ether oxygens (including phenoxy) is 1. The van der Waals surface area contributed by atoms with Crippen molar-refractivity contribution in [2.75, 3.05) is 26.2 Å². The standard InChI is InChI=1S/C26H32N4O2/c1-20(2)22-6-4-21(5-7-22)18-29-14-16-30(17-15-29)26(31)23-8-10-24(11-9-23)32-19-25-27-12-13-28(25)3/h4-13,20H,14-19H2,1-3H3. The van der Waals surface area contributed by atoms with E-state index in [1.807, 2.05) is 47.0 Å². The second-order valence-electron chi connectivity index (χ2n) is 8.73. The molecule has 0 N–H and O–H groups in total. The maximum Gasteiger partial charge on any atom is 0.253 e. The van der Waals surface area contributed by atoms with Crippen molar-refractivity contribution < 1.29 is 9.53 Å². The average Bonchev–Trinajstić information content (AvgIpc) is 3.23. The van der Waals surface area contributed by atoms with Gasteiger partial charge < -0.3 is 14.2 Å². The predicted octanol–water partition coefficient (Wildman–Crippen LogP) is 4.08. The van der Waals surface area contributed by atoms with E-state index in [1.165, 1.54) is 11.1 Å². The summed E-state index contributed by atoms with van der Waals surface area (Å²) in [6, 6.07) is 16.3. The Morgan fingerprint density at radius 1 is 1.00 bits per heavy atom. The number of rotatable bonds is 7. The van der Waals surface area contributed by atoms with Gasteiger partial charge in [-0.05, 0) is 41.3 Å². The zero-order valence-corrected chi connectivity index (χ0v) is 19.2. The van der Waals surface area contributed by atoms with E-state index >= 15 is 0 Å². The van der Waals surface area contributed by atoms with Crippen molar-refractivity contribution in [3.05, 3.63) is 83.4 Å². The summed E-state index contributed by atoms with van der Waals surface area (Å²) in [6.45, 7) is 9.05. The Hall–Kier alpha value is -3.12. The fraction of sp³-hybridized carbons (Fsp3) is 0.385. The van der Waals surface area contributed by atoms with Crippen LogP contribution in [0.5, 0.6) is 5.75 Å². The van der Waals surface area contributed by atoms with Crippen LogP contribution < -0.4 is 4.74 Å². The molecule has 1 amide bonds. The normalized spacial score (nSPS) is 14.7. The summed E-state index contributed by atoms with van der Waals surface area (Å²) < 4.78 is 7.72. The third-order valence-corrected chi connectivity index (χ3v) is 6.10. The van der Waals surface area contributed by atoms with E-state index in [1.54, 1.807) is 6.20 Å². The molecule has 0 aliphatic carbocycles. The van der Waals surface area contributed by atoms with Crippen LogP contribution >= 0.6 is 0 Å². The average molecular weight is 433 g/mol. The molecule has 0 saturated carbocycles. The summed E-state index contributed by atoms with van der Waals surface area (Å²) in [5, 5.41) is 0. The van der Waals surface area contributed by atoms with Gasteiger partial charge in [-0.1, -0.05) is 38.1 Å². The summed E-state index contributed by atoms with van der Waals surface area (Å²) in [6.07, 6.45) is 3.64. The quantitative estimate of drug-likeness (QED) is 0.565. The lowest BCUT2D eigenvalue weighted by atomic mass is 10.0. The van der Waals surface area contributed by atoms with Gasteiger partial charge in [0.25, 0.3) is 5.91 Å². The molecular formula is C26H32N4O2. The van der Waals surface area contributed by atoms with Crippen LogP contribution in [-0.4, -0.2) is 51.4 Å². The van der Waals surface area contributed by atoms with E-state index in [2.05, 4.69) is 48.0 Å². The number of carbonyl (C=O) groups is 1. The fourth-order valence-corrected chi connectivity index (χ4v) is 3.93. The van der Waals surface area contributed by atoms with Crippen LogP contribution in [0.3, 0.4) is 0 Å². The first-order valence-corrected chi connectivity index (χ1v) is 11.3. The van der Waals surface area contributed by atoms with E-state index in [0.29, 0.717) is 18.1 Å². The molecule has 1 aliphatic heterocycles. The molecular weight excluding hydrogens is 400 g/mol. The minimum atomic E-state index is 0.0848. The summed E-state index contributed by atoms with van der Waals surface area (Å²) in [5.41, 5.74) is 3.40. The molecule has 0 bridgehead atoms. The van der Waals surface area contributed by atoms with E-state index in [0.717, 1.165) is 44.3 Å². The first kappa shape index (κ1) is 22.1. The lowest BCUT2D eigenvalue weighted by Crippen LogP contribution is -2.48. The summed E-state index contributed by atoms with van der Waals surface area (Å²) >= 11 is 0. The van der Waals surface area contributed by atoms with Crippen molar-refractivity contribution in [3.63, 3.8) is 0 Å². The smallest absolute Gasteiger partial charge is 0.253 e. The molecule has 0 atom stereocenters. The van der Waals surface area contributed by atoms with Crippen molar-refractivity contribution >= 4 is 5.91 Å². The van der Waals surface area contributed by atoms with Crippen molar-refractivity contribution in [3.8, 4) is 5.75 Å². The maximum absolute atomic E-state index is 12.9. The highest BCUT2D eigenvalue weighted by Crippen LogP contribution is 2.18. The van der Waals surface area contributed by atoms with Crippen molar-refractivity contribution in [1.82, 2.24) is 19.4 Å². The van der Waals surface area contributed by atoms with Gasteiger partial charge in [-0.2, -0.15) is 0 Å². The van der Waals surface area contributed by atoms with Gasteiger partial charge in [-0.25, -0.2) is 4.98 Å². The number of hydrogen-bond donors (Lipinski definition) is 0. The molecule has 6 nitrogen and oxygen atoms in total. The molecule has 1 fully saturated rings. The van der Waals surface area contributed by atoms with Crippen molar-refractivity contribution in [2.45, 2.75) is 32.9 Å². The van der Waals surface area contributed by atoms with E-state index in [9.17, 15) is 4.79 Å². The van der Waals surface area contributed by atoms with Gasteiger partial charge >= 0.3 is 0 Å². The SMILES string of the molecule is CC(C)c1ccc(CN2CCN(C(=O)c3ccc(OCc4nccn4C)cc3)CC2)cc1. The van der Waals surface area contributed by atoms with Crippen LogP contribution in [0.15, 0.2) is 60.9 Å². The molecule has 168 valence electrons. The largest absolute Gasteiger partial charge is 0.486 e. The number of amides is 1. The van der Waals surface area contributed by atoms with Crippen LogP contribution in [0.2, 0.25) is 0 Å². The highest BCUT2D eigenvalue weighted by molar-refractivity contribution is 5.94. The molecule has 6 heteroatoms. The van der Waals surface area contributed by atoms with Gasteiger partial charge in [0, 0.05) is 57.7 Å². The molecule has 1 saturated heterocycles. The van der Waals surface area contributed by atoms with Crippen LogP contribution in [-0.2, 0) is 20.2 Å². The predicted molar refractivity (Wildman–Crippen MR) is 126 cm³/mol. The van der Waals surface area contributed by atoms with Crippen LogP contribution in [0.1, 0.15) is 47.1 Å². The number of carbonyl (C=O) groups excluding carboxylic acids is 1. The third-order valence-electron chi connectivity index (χ3n) is 6.10. The molecule has 1 aromatic heterocycles. The number of aryl methyl sites for hydroxylation is 1. The molecule has 4 rings (SSSR count). The molecule has 1 aliphatic rings. The van der Waals surface area contributed by atoms with Gasteiger partial charge in [0.2, 0.25) is 0 Å². The molecule has 0 radical (unpaired) electrons. The van der Waals surface area contributed by atoms with Gasteiger partial charge in [-0.3, -0.25) is 9.69 Å². The summed E-state index contributed by atoms with van der Waals surface area (Å²) in [5.74, 6) is 2.23. The highest BCUT2D eigenvalue weighted by Gasteiger charge is 2.22. The topological polar surface area (TPSA) is 50.6 Å². The molecule has 32 heavy (non-hydrogen) atoms.